The van der Waals surface area contributed by atoms with E-state index in [1.54, 1.807) is 19.2 Å². The quantitative estimate of drug-likeness (QED) is 0.176. The van der Waals surface area contributed by atoms with Crippen LogP contribution in [0.5, 0.6) is 0 Å². The Bertz CT molecular complexity index is 1410. The van der Waals surface area contributed by atoms with Crippen molar-refractivity contribution in [2.75, 3.05) is 17.8 Å². The molecule has 0 unspecified atom stereocenters. The van der Waals surface area contributed by atoms with E-state index < -0.39 is 25.1 Å². The van der Waals surface area contributed by atoms with Crippen molar-refractivity contribution in [3.8, 4) is 0 Å². The molecule has 0 amide bonds. The molecule has 3 aromatic rings. The van der Waals surface area contributed by atoms with E-state index in [-0.39, 0.29) is 10.6 Å². The molecule has 0 aliphatic heterocycles. The minimum atomic E-state index is -4.63. The first-order valence-corrected chi connectivity index (χ1v) is 12.3. The highest BCUT2D eigenvalue weighted by atomic mass is 32.2. The second-order valence-electron chi connectivity index (χ2n) is 6.86. The molecule has 5 N–H and O–H groups in total. The third kappa shape index (κ3) is 6.34. The Labute approximate surface area is 191 Å². The summed E-state index contributed by atoms with van der Waals surface area (Å²) >= 11 is 0. The molecule has 0 heterocycles. The maximum atomic E-state index is 11.9. The lowest BCUT2D eigenvalue weighted by Crippen LogP contribution is -2.14. The van der Waals surface area contributed by atoms with Crippen LogP contribution in [0.3, 0.4) is 0 Å². The predicted molar refractivity (Wildman–Crippen MR) is 124 cm³/mol. The molecule has 0 aliphatic carbocycles. The smallest absolute Gasteiger partial charge is 0.296 e. The summed E-state index contributed by atoms with van der Waals surface area (Å²) in [7, 11) is -7.23. The summed E-state index contributed by atoms with van der Waals surface area (Å²) in [6.07, 6.45) is 0. The fourth-order valence-corrected chi connectivity index (χ4v) is 3.98. The number of benzene rings is 3. The molecule has 0 saturated heterocycles. The number of anilines is 3. The fourth-order valence-electron chi connectivity index (χ4n) is 2.86. The number of nitrogens with zero attached hydrogens (tertiary/aromatic N) is 2. The van der Waals surface area contributed by atoms with Gasteiger partial charge in [-0.05, 0) is 73.2 Å². The van der Waals surface area contributed by atoms with Crippen molar-refractivity contribution in [3.63, 3.8) is 0 Å². The molecular formula is C20H21N5O6S2. The normalized spacial score (nSPS) is 12.1. The molecular weight excluding hydrogens is 470 g/mol. The number of rotatable bonds is 8. The van der Waals surface area contributed by atoms with Crippen molar-refractivity contribution in [2.24, 2.45) is 10.2 Å². The third-order valence-corrected chi connectivity index (χ3v) is 6.16. The first-order chi connectivity index (χ1) is 15.5. The van der Waals surface area contributed by atoms with E-state index in [1.165, 1.54) is 42.5 Å². The summed E-state index contributed by atoms with van der Waals surface area (Å²) in [4.78, 5) is -0.746. The van der Waals surface area contributed by atoms with Gasteiger partial charge in [0.1, 0.15) is 10.6 Å². The Morgan fingerprint density at radius 3 is 1.88 bits per heavy atom. The fraction of sp³-hybridized carbons (Fsp3) is 0.100. The van der Waals surface area contributed by atoms with Crippen molar-refractivity contribution in [2.45, 2.75) is 16.7 Å². The number of aryl methyl sites for hydroxylation is 1. The molecule has 0 fully saturated rings. The highest BCUT2D eigenvalue weighted by Crippen LogP contribution is 2.31. The zero-order chi connectivity index (χ0) is 24.2. The van der Waals surface area contributed by atoms with Crippen LogP contribution in [0.2, 0.25) is 0 Å². The first-order valence-electron chi connectivity index (χ1n) is 9.38. The molecule has 0 aliphatic rings. The second-order valence-corrected chi connectivity index (χ2v) is 9.67. The molecule has 0 aromatic heterocycles. The van der Waals surface area contributed by atoms with Gasteiger partial charge in [0.25, 0.3) is 20.2 Å². The SMILES string of the molecule is CNNc1ccc(N=Nc2ccc(Nc3ccc(S(=O)(=O)O)cc3)cc2S(=O)(=O)O)c(C)c1. The van der Waals surface area contributed by atoms with Gasteiger partial charge in [0.15, 0.2) is 0 Å². The van der Waals surface area contributed by atoms with Crippen LogP contribution in [0.25, 0.3) is 0 Å². The van der Waals surface area contributed by atoms with Gasteiger partial charge in [-0.3, -0.25) is 9.11 Å². The average Bonchev–Trinajstić information content (AvgIpc) is 2.73. The largest absolute Gasteiger partial charge is 0.355 e. The Morgan fingerprint density at radius 2 is 1.30 bits per heavy atom. The molecule has 0 radical (unpaired) electrons. The van der Waals surface area contributed by atoms with Crippen LogP contribution < -0.4 is 16.2 Å². The van der Waals surface area contributed by atoms with Gasteiger partial charge in [-0.1, -0.05) is 0 Å². The Hall–Kier alpha value is -3.36. The van der Waals surface area contributed by atoms with Gasteiger partial charge < -0.3 is 10.7 Å². The molecule has 13 heteroatoms. The van der Waals surface area contributed by atoms with Gasteiger partial charge >= 0.3 is 0 Å². The van der Waals surface area contributed by atoms with Crippen molar-refractivity contribution in [1.82, 2.24) is 5.43 Å². The van der Waals surface area contributed by atoms with Crippen LogP contribution in [-0.4, -0.2) is 33.0 Å². The van der Waals surface area contributed by atoms with E-state index in [0.717, 1.165) is 11.3 Å². The van der Waals surface area contributed by atoms with Crippen LogP contribution in [0.15, 0.2) is 80.7 Å². The van der Waals surface area contributed by atoms with Gasteiger partial charge in [0, 0.05) is 24.1 Å². The van der Waals surface area contributed by atoms with Crippen LogP contribution in [0.1, 0.15) is 5.56 Å². The standard InChI is InChI=1S/C20H21N5O6S2/c1-13-11-16(23-21-2)6-9-18(13)24-25-19-10-5-15(12-20(19)33(29,30)31)22-14-3-7-17(8-4-14)32(26,27)28/h3-12,21-23H,1-2H3,(H,26,27,28)(H,29,30,31). The van der Waals surface area contributed by atoms with Crippen molar-refractivity contribution >= 4 is 48.7 Å². The van der Waals surface area contributed by atoms with Crippen LogP contribution in [0.4, 0.5) is 28.4 Å². The molecule has 11 nitrogen and oxygen atoms in total. The summed E-state index contributed by atoms with van der Waals surface area (Å²) in [6.45, 7) is 1.82. The van der Waals surface area contributed by atoms with E-state index >= 15 is 0 Å². The lowest BCUT2D eigenvalue weighted by atomic mass is 10.2. The van der Waals surface area contributed by atoms with Gasteiger partial charge in [0.2, 0.25) is 0 Å². The molecule has 3 aromatic carbocycles. The van der Waals surface area contributed by atoms with Gasteiger partial charge in [-0.15, -0.1) is 5.11 Å². The summed E-state index contributed by atoms with van der Waals surface area (Å²) in [5.41, 5.74) is 8.49. The van der Waals surface area contributed by atoms with E-state index in [9.17, 15) is 21.4 Å². The molecule has 0 atom stereocenters. The number of hydrogen-bond donors (Lipinski definition) is 5. The van der Waals surface area contributed by atoms with E-state index in [2.05, 4.69) is 26.4 Å². The number of azo groups is 1. The Morgan fingerprint density at radius 1 is 0.727 bits per heavy atom. The number of hydrogen-bond acceptors (Lipinski definition) is 9. The number of nitrogens with one attached hydrogen (secondary N) is 3. The zero-order valence-corrected chi connectivity index (χ0v) is 19.1. The molecule has 33 heavy (non-hydrogen) atoms. The topological polar surface area (TPSA) is 170 Å². The number of hydrazine groups is 1. The minimum Gasteiger partial charge on any atom is -0.355 e. The monoisotopic (exact) mass is 491 g/mol. The lowest BCUT2D eigenvalue weighted by Gasteiger charge is -2.10. The highest BCUT2D eigenvalue weighted by Gasteiger charge is 2.17. The summed E-state index contributed by atoms with van der Waals surface area (Å²) < 4.78 is 64.8. The average molecular weight is 492 g/mol. The first kappa shape index (κ1) is 24.3. The summed E-state index contributed by atoms with van der Waals surface area (Å²) in [5, 5.41) is 11.0. The zero-order valence-electron chi connectivity index (χ0n) is 17.5. The van der Waals surface area contributed by atoms with E-state index in [1.807, 2.05) is 13.0 Å². The summed E-state index contributed by atoms with van der Waals surface area (Å²) in [6, 6.07) is 14.5. The second kappa shape index (κ2) is 9.64. The van der Waals surface area contributed by atoms with Gasteiger partial charge in [0.05, 0.1) is 10.6 Å². The predicted octanol–water partition coefficient (Wildman–Crippen LogP) is 4.19. The van der Waals surface area contributed by atoms with Crippen molar-refractivity contribution in [3.05, 3.63) is 66.2 Å². The molecule has 0 spiro atoms. The summed E-state index contributed by atoms with van der Waals surface area (Å²) in [5.74, 6) is 0. The van der Waals surface area contributed by atoms with Crippen LogP contribution >= 0.6 is 0 Å². The Kier molecular flexibility index (Phi) is 7.09. The van der Waals surface area contributed by atoms with Gasteiger partial charge in [-0.25, -0.2) is 5.43 Å². The van der Waals surface area contributed by atoms with Gasteiger partial charge in [-0.2, -0.15) is 21.9 Å². The van der Waals surface area contributed by atoms with E-state index in [4.69, 9.17) is 4.55 Å². The van der Waals surface area contributed by atoms with E-state index in [0.29, 0.717) is 17.1 Å². The maximum Gasteiger partial charge on any atom is 0.296 e. The molecule has 0 bridgehead atoms. The van der Waals surface area contributed by atoms with Crippen LogP contribution in [-0.2, 0) is 20.2 Å². The Balaban J connectivity index is 1.89. The molecule has 174 valence electrons. The lowest BCUT2D eigenvalue weighted by molar-refractivity contribution is 0.481. The third-order valence-electron chi connectivity index (χ3n) is 4.41. The molecule has 3 rings (SSSR count). The van der Waals surface area contributed by atoms with Crippen molar-refractivity contribution in [1.29, 1.82) is 0 Å². The molecule has 0 saturated carbocycles. The minimum absolute atomic E-state index is 0.0680. The maximum absolute atomic E-state index is 11.9. The van der Waals surface area contributed by atoms with Crippen molar-refractivity contribution < 1.29 is 25.9 Å². The van der Waals surface area contributed by atoms with Crippen LogP contribution in [0, 0.1) is 6.92 Å². The highest BCUT2D eigenvalue weighted by molar-refractivity contribution is 7.86.